The molecule has 11 rings (SSSR count). The van der Waals surface area contributed by atoms with Crippen molar-refractivity contribution in [1.82, 2.24) is 4.57 Å². The zero-order chi connectivity index (χ0) is 35.8. The first-order valence-corrected chi connectivity index (χ1v) is 19.7. The molecular formula is C52H35NS. The molecule has 0 fully saturated rings. The van der Waals surface area contributed by atoms with E-state index in [0.29, 0.717) is 0 Å². The van der Waals surface area contributed by atoms with Crippen LogP contribution in [0.1, 0.15) is 47.3 Å². The van der Waals surface area contributed by atoms with Gasteiger partial charge in [0.1, 0.15) is 0 Å². The molecule has 2 heterocycles. The molecule has 0 amide bonds. The van der Waals surface area contributed by atoms with Gasteiger partial charge in [0.25, 0.3) is 0 Å². The molecule has 1 aliphatic heterocycles. The molecule has 0 N–H and O–H groups in total. The molecule has 0 spiro atoms. The maximum atomic E-state index is 3.61. The topological polar surface area (TPSA) is 4.93 Å². The van der Waals surface area contributed by atoms with E-state index in [0.717, 1.165) is 23.3 Å². The number of rotatable bonds is 3. The molecule has 0 saturated heterocycles. The lowest BCUT2D eigenvalue weighted by atomic mass is 9.89. The summed E-state index contributed by atoms with van der Waals surface area (Å²) in [5.41, 5.74) is 20.9. The summed E-state index contributed by atoms with van der Waals surface area (Å²) < 4.78 is 2.58. The number of benzene rings is 5. The molecule has 1 aromatic heterocycles. The highest BCUT2D eigenvalue weighted by Crippen LogP contribution is 2.46. The van der Waals surface area contributed by atoms with Crippen molar-refractivity contribution in [2.24, 2.45) is 0 Å². The second kappa shape index (κ2) is 12.4. The first-order chi connectivity index (χ1) is 26.7. The van der Waals surface area contributed by atoms with Gasteiger partial charge >= 0.3 is 0 Å². The largest absolute Gasteiger partial charge is 0.330 e. The summed E-state index contributed by atoms with van der Waals surface area (Å²) in [6, 6.07) is 27.6. The highest BCUT2D eigenvalue weighted by molar-refractivity contribution is 8.03. The van der Waals surface area contributed by atoms with E-state index < -0.39 is 0 Å². The number of hydrogen-bond donors (Lipinski definition) is 0. The second-order valence-corrected chi connectivity index (χ2v) is 15.6. The predicted molar refractivity (Wildman–Crippen MR) is 232 cm³/mol. The first kappa shape index (κ1) is 31.3. The Kier molecular flexibility index (Phi) is 7.19. The lowest BCUT2D eigenvalue weighted by Crippen LogP contribution is -2.09. The molecule has 2 heteroatoms. The summed E-state index contributed by atoms with van der Waals surface area (Å²) in [5.74, 6) is 0. The van der Waals surface area contributed by atoms with Crippen LogP contribution in [-0.4, -0.2) is 4.57 Å². The predicted octanol–water partition coefficient (Wildman–Crippen LogP) is 13.1. The fourth-order valence-corrected chi connectivity index (χ4v) is 10.1. The molecule has 254 valence electrons. The molecule has 4 aliphatic carbocycles. The summed E-state index contributed by atoms with van der Waals surface area (Å²) >= 11 is 1.82. The van der Waals surface area contributed by atoms with E-state index in [1.54, 1.807) is 0 Å². The fraction of sp³-hybridized carbons (Fsp3) is 0.0769. The van der Waals surface area contributed by atoms with Gasteiger partial charge in [0.2, 0.25) is 0 Å². The number of thioether (sulfide) groups is 1. The Morgan fingerprint density at radius 1 is 0.796 bits per heavy atom. The Morgan fingerprint density at radius 3 is 2.70 bits per heavy atom. The van der Waals surface area contributed by atoms with Crippen molar-refractivity contribution in [2.75, 3.05) is 0 Å². The minimum Gasteiger partial charge on any atom is -0.330 e. The number of allylic oxidation sites excluding steroid dienone is 14. The Labute approximate surface area is 319 Å². The van der Waals surface area contributed by atoms with Gasteiger partial charge in [-0.2, -0.15) is 0 Å². The zero-order valence-electron chi connectivity index (χ0n) is 29.9. The van der Waals surface area contributed by atoms with Crippen LogP contribution in [0.15, 0.2) is 173 Å². The molecule has 1 unspecified atom stereocenters. The quantitative estimate of drug-likeness (QED) is 0.166. The molecule has 0 radical (unpaired) electrons. The SMILES string of the molecule is CC1=CC=CCc2c1n(C1C=C(c3ccc4ccc5c6c(ccc3c46)=CCC=C5)C=C=C/C=C\1)c1ccc(-c3cccc4c3SC3=C=C4C=CC=C3)cc21. The van der Waals surface area contributed by atoms with Gasteiger partial charge in [-0.3, -0.25) is 0 Å². The normalized spacial score (nSPS) is 18.5. The van der Waals surface area contributed by atoms with Crippen molar-refractivity contribution in [3.05, 3.63) is 201 Å². The number of fused-ring (bicyclic) bond motifs is 5. The number of hydrogen-bond acceptors (Lipinski definition) is 1. The fourth-order valence-electron chi connectivity index (χ4n) is 9.03. The minimum absolute atomic E-state index is 0.0180. The maximum Gasteiger partial charge on any atom is 0.0719 e. The third kappa shape index (κ3) is 4.89. The van der Waals surface area contributed by atoms with Crippen LogP contribution in [0, 0.1) is 0 Å². The van der Waals surface area contributed by atoms with Crippen LogP contribution in [0.5, 0.6) is 0 Å². The van der Waals surface area contributed by atoms with Crippen molar-refractivity contribution in [1.29, 1.82) is 0 Å². The van der Waals surface area contributed by atoms with Crippen LogP contribution >= 0.6 is 11.8 Å². The summed E-state index contributed by atoms with van der Waals surface area (Å²) in [6.45, 7) is 2.26. The van der Waals surface area contributed by atoms with E-state index in [9.17, 15) is 0 Å². The maximum absolute atomic E-state index is 3.61. The van der Waals surface area contributed by atoms with Crippen molar-refractivity contribution in [3.63, 3.8) is 0 Å². The highest BCUT2D eigenvalue weighted by atomic mass is 32.2. The Hall–Kier alpha value is -6.27. The minimum atomic E-state index is -0.0180. The van der Waals surface area contributed by atoms with E-state index in [-0.39, 0.29) is 6.04 Å². The van der Waals surface area contributed by atoms with Crippen LogP contribution in [0.3, 0.4) is 0 Å². The summed E-state index contributed by atoms with van der Waals surface area (Å²) in [7, 11) is 0. The average molecular weight is 706 g/mol. The van der Waals surface area contributed by atoms with Crippen LogP contribution in [-0.2, 0) is 6.42 Å². The van der Waals surface area contributed by atoms with Crippen LogP contribution < -0.4 is 5.22 Å². The smallest absolute Gasteiger partial charge is 0.0719 e. The van der Waals surface area contributed by atoms with E-state index in [4.69, 9.17) is 0 Å². The van der Waals surface area contributed by atoms with Crippen molar-refractivity contribution in [2.45, 2.75) is 30.7 Å². The van der Waals surface area contributed by atoms with Gasteiger partial charge in [-0.1, -0.05) is 139 Å². The summed E-state index contributed by atoms with van der Waals surface area (Å²) in [4.78, 5) is 2.46. The van der Waals surface area contributed by atoms with Crippen molar-refractivity contribution in [3.8, 4) is 11.1 Å². The molecule has 54 heavy (non-hydrogen) atoms. The average Bonchev–Trinajstić information content (AvgIpc) is 3.40. The van der Waals surface area contributed by atoms with Gasteiger partial charge in [-0.15, -0.1) is 5.73 Å². The molecule has 6 aromatic rings. The first-order valence-electron chi connectivity index (χ1n) is 18.8. The molecular weight excluding hydrogens is 671 g/mol. The number of nitrogens with zero attached hydrogens (tertiary/aromatic N) is 1. The highest BCUT2D eigenvalue weighted by Gasteiger charge is 2.25. The lowest BCUT2D eigenvalue weighted by Gasteiger charge is -2.21. The van der Waals surface area contributed by atoms with Gasteiger partial charge in [0, 0.05) is 32.6 Å². The third-order valence-electron chi connectivity index (χ3n) is 11.4. The molecule has 1 atom stereocenters. The monoisotopic (exact) mass is 705 g/mol. The summed E-state index contributed by atoms with van der Waals surface area (Å²) in [6.07, 6.45) is 35.3. The van der Waals surface area contributed by atoms with Crippen LogP contribution in [0.2, 0.25) is 0 Å². The van der Waals surface area contributed by atoms with E-state index >= 15 is 0 Å². The van der Waals surface area contributed by atoms with Crippen LogP contribution in [0.4, 0.5) is 0 Å². The van der Waals surface area contributed by atoms with Crippen molar-refractivity contribution < 1.29 is 0 Å². The molecule has 5 aliphatic rings. The Balaban J connectivity index is 1.10. The Bertz CT molecular complexity index is 3090. The number of aromatic nitrogens is 1. The van der Waals surface area contributed by atoms with Gasteiger partial charge in [0.15, 0.2) is 0 Å². The van der Waals surface area contributed by atoms with Gasteiger partial charge in [-0.25, -0.2) is 0 Å². The van der Waals surface area contributed by atoms with Crippen LogP contribution in [0.25, 0.3) is 72.4 Å². The molecule has 1 nitrogen and oxygen atoms in total. The standard InChI is InChI=1S/C52H35NS/c1-33-12-5-10-19-46-47-32-39(44-21-11-20-43-38-16-8-9-18-41(31-38)54-52(43)44)26-29-48(47)53(51(33)46)40-17-4-2-3-15-37(30-40)42-27-24-36-23-22-34-13-6-7-14-35-25-28-45(42)50(36)49(34)35/h2,4-6,8-18,20-30,32,40H,7,19H2,1H3/b17-4-,37-30?. The summed E-state index contributed by atoms with van der Waals surface area (Å²) in [5, 5.41) is 7.89. The van der Waals surface area contributed by atoms with E-state index in [1.807, 2.05) is 11.8 Å². The molecule has 0 saturated carbocycles. The van der Waals surface area contributed by atoms with Gasteiger partial charge in [-0.05, 0) is 128 Å². The van der Waals surface area contributed by atoms with Gasteiger partial charge in [0.05, 0.1) is 10.9 Å². The Morgan fingerprint density at radius 2 is 1.72 bits per heavy atom. The van der Waals surface area contributed by atoms with E-state index in [1.165, 1.54) is 92.8 Å². The van der Waals surface area contributed by atoms with Gasteiger partial charge < -0.3 is 4.57 Å². The molecule has 2 bridgehead atoms. The zero-order valence-corrected chi connectivity index (χ0v) is 30.8. The molecule has 5 aromatic carbocycles. The van der Waals surface area contributed by atoms with E-state index in [2.05, 4.69) is 187 Å². The van der Waals surface area contributed by atoms with Crippen molar-refractivity contribution >= 4 is 73.1 Å². The lowest BCUT2D eigenvalue weighted by molar-refractivity contribution is 0.741. The second-order valence-electron chi connectivity index (χ2n) is 14.6. The third-order valence-corrected chi connectivity index (χ3v) is 12.5.